The van der Waals surface area contributed by atoms with E-state index in [1.807, 2.05) is 0 Å². The van der Waals surface area contributed by atoms with Gasteiger partial charge in [0.25, 0.3) is 0 Å². The lowest BCUT2D eigenvalue weighted by atomic mass is 9.81. The lowest BCUT2D eigenvalue weighted by Crippen LogP contribution is -2.35. The van der Waals surface area contributed by atoms with Crippen LogP contribution in [0.5, 0.6) is 0 Å². The van der Waals surface area contributed by atoms with Gasteiger partial charge in [0.05, 0.1) is 11.7 Å². The summed E-state index contributed by atoms with van der Waals surface area (Å²) in [6.07, 6.45) is -5.33. The summed E-state index contributed by atoms with van der Waals surface area (Å²) in [5, 5.41) is 13.1. The van der Waals surface area contributed by atoms with Gasteiger partial charge in [0.1, 0.15) is 0 Å². The predicted octanol–water partition coefficient (Wildman–Crippen LogP) is 4.01. The number of rotatable bonds is 6. The first-order chi connectivity index (χ1) is 9.54. The summed E-state index contributed by atoms with van der Waals surface area (Å²) in [4.78, 5) is 0. The molecule has 2 nitrogen and oxygen atoms in total. The van der Waals surface area contributed by atoms with E-state index in [9.17, 15) is 18.3 Å². The Morgan fingerprint density at radius 3 is 2.33 bits per heavy atom. The molecule has 120 valence electrons. The zero-order valence-corrected chi connectivity index (χ0v) is 13.0. The van der Waals surface area contributed by atoms with Gasteiger partial charge in [-0.25, -0.2) is 0 Å². The summed E-state index contributed by atoms with van der Waals surface area (Å²) >= 11 is 0. The smallest absolute Gasteiger partial charge is 0.387 e. The van der Waals surface area contributed by atoms with Crippen LogP contribution >= 0.6 is 0 Å². The lowest BCUT2D eigenvalue weighted by Gasteiger charge is -2.30. The highest BCUT2D eigenvalue weighted by atomic mass is 19.4. The van der Waals surface area contributed by atoms with Gasteiger partial charge >= 0.3 is 6.18 Å². The van der Waals surface area contributed by atoms with Gasteiger partial charge in [-0.15, -0.1) is 0 Å². The molecule has 0 aliphatic heterocycles. The van der Waals surface area contributed by atoms with Gasteiger partial charge in [-0.3, -0.25) is 0 Å². The molecular formula is C16H24F3NO. The third kappa shape index (κ3) is 5.32. The summed E-state index contributed by atoms with van der Waals surface area (Å²) in [6.45, 7) is 9.39. The molecule has 0 heterocycles. The van der Waals surface area contributed by atoms with Crippen molar-refractivity contribution < 1.29 is 18.3 Å². The van der Waals surface area contributed by atoms with Crippen LogP contribution in [-0.4, -0.2) is 18.2 Å². The van der Waals surface area contributed by atoms with Crippen molar-refractivity contribution >= 4 is 0 Å². The number of hydrogen-bond donors (Lipinski definition) is 2. The zero-order valence-electron chi connectivity index (χ0n) is 13.0. The van der Waals surface area contributed by atoms with Gasteiger partial charge in [0.15, 0.2) is 0 Å². The van der Waals surface area contributed by atoms with Crippen LogP contribution in [0.3, 0.4) is 0 Å². The van der Waals surface area contributed by atoms with Crippen LogP contribution in [0.25, 0.3) is 0 Å². The number of aliphatic hydroxyl groups excluding tert-OH is 1. The Morgan fingerprint density at radius 2 is 1.81 bits per heavy atom. The summed E-state index contributed by atoms with van der Waals surface area (Å²) in [5.41, 5.74) is -0.394. The molecule has 2 N–H and O–H groups in total. The molecule has 21 heavy (non-hydrogen) atoms. The van der Waals surface area contributed by atoms with Crippen LogP contribution < -0.4 is 5.32 Å². The van der Waals surface area contributed by atoms with E-state index in [0.717, 1.165) is 12.1 Å². The molecule has 0 aliphatic carbocycles. The molecule has 0 saturated carbocycles. The van der Waals surface area contributed by atoms with E-state index in [-0.39, 0.29) is 17.5 Å². The minimum absolute atomic E-state index is 0.0630. The maximum atomic E-state index is 12.6. The standard InChI is InChI=1S/C16H24F3NO/c1-11(2)15(3,4)10-20-9-14(21)12-6-5-7-13(8-12)16(17,18)19/h5-8,11,14,20-21H,9-10H2,1-4H3. The quantitative estimate of drug-likeness (QED) is 0.832. The molecule has 1 atom stereocenters. The largest absolute Gasteiger partial charge is 0.416 e. The first-order valence-electron chi connectivity index (χ1n) is 7.10. The molecule has 5 heteroatoms. The molecule has 0 fully saturated rings. The Kier molecular flexibility index (Phi) is 5.82. The maximum absolute atomic E-state index is 12.6. The Hall–Kier alpha value is -1.07. The molecule has 0 radical (unpaired) electrons. The highest BCUT2D eigenvalue weighted by Gasteiger charge is 2.31. The van der Waals surface area contributed by atoms with Crippen LogP contribution in [0.4, 0.5) is 13.2 Å². The molecule has 1 unspecified atom stereocenters. The van der Waals surface area contributed by atoms with Crippen molar-refractivity contribution in [1.82, 2.24) is 5.32 Å². The van der Waals surface area contributed by atoms with E-state index in [1.165, 1.54) is 12.1 Å². The van der Waals surface area contributed by atoms with Gasteiger partial charge < -0.3 is 10.4 Å². The molecule has 1 aromatic rings. The number of alkyl halides is 3. The third-order valence-corrected chi connectivity index (χ3v) is 4.08. The van der Waals surface area contributed by atoms with Gasteiger partial charge in [0.2, 0.25) is 0 Å². The molecule has 0 amide bonds. The van der Waals surface area contributed by atoms with Crippen molar-refractivity contribution in [2.75, 3.05) is 13.1 Å². The first kappa shape index (κ1) is 18.0. The van der Waals surface area contributed by atoms with E-state index >= 15 is 0 Å². The summed E-state index contributed by atoms with van der Waals surface area (Å²) in [7, 11) is 0. The van der Waals surface area contributed by atoms with Gasteiger partial charge in [0, 0.05) is 13.1 Å². The molecule has 0 aliphatic rings. The van der Waals surface area contributed by atoms with Crippen molar-refractivity contribution in [3.63, 3.8) is 0 Å². The SMILES string of the molecule is CC(C)C(C)(C)CNCC(O)c1cccc(C(F)(F)F)c1. The van der Waals surface area contributed by atoms with Crippen molar-refractivity contribution in [2.45, 2.75) is 40.0 Å². The normalized spacial score (nSPS) is 14.5. The topological polar surface area (TPSA) is 32.3 Å². The van der Waals surface area contributed by atoms with Crippen LogP contribution in [0, 0.1) is 11.3 Å². The predicted molar refractivity (Wildman–Crippen MR) is 77.9 cm³/mol. The van der Waals surface area contributed by atoms with Gasteiger partial charge in [-0.1, -0.05) is 39.8 Å². The van der Waals surface area contributed by atoms with Crippen molar-refractivity contribution in [3.8, 4) is 0 Å². The maximum Gasteiger partial charge on any atom is 0.416 e. The Bertz CT molecular complexity index is 455. The molecule has 1 rings (SSSR count). The Balaban J connectivity index is 2.63. The average Bonchev–Trinajstić information content (AvgIpc) is 2.37. The second-order valence-corrected chi connectivity index (χ2v) is 6.41. The molecular weight excluding hydrogens is 279 g/mol. The summed E-state index contributed by atoms with van der Waals surface area (Å²) in [5.74, 6) is 0.468. The highest BCUT2D eigenvalue weighted by Crippen LogP contribution is 2.30. The number of benzene rings is 1. The second-order valence-electron chi connectivity index (χ2n) is 6.41. The first-order valence-corrected chi connectivity index (χ1v) is 7.10. The molecule has 0 bridgehead atoms. The number of hydrogen-bond acceptors (Lipinski definition) is 2. The number of nitrogens with one attached hydrogen (secondary N) is 1. The molecule has 0 spiro atoms. The number of halogens is 3. The van der Waals surface area contributed by atoms with Gasteiger partial charge in [-0.05, 0) is 29.0 Å². The Morgan fingerprint density at radius 1 is 1.19 bits per heavy atom. The zero-order chi connectivity index (χ0) is 16.3. The lowest BCUT2D eigenvalue weighted by molar-refractivity contribution is -0.137. The number of aliphatic hydroxyl groups is 1. The summed E-state index contributed by atoms with van der Waals surface area (Å²) in [6, 6.07) is 4.83. The minimum Gasteiger partial charge on any atom is -0.387 e. The highest BCUT2D eigenvalue weighted by molar-refractivity contribution is 5.27. The molecule has 0 saturated heterocycles. The van der Waals surface area contributed by atoms with Crippen molar-refractivity contribution in [2.24, 2.45) is 11.3 Å². The fourth-order valence-electron chi connectivity index (χ4n) is 1.78. The minimum atomic E-state index is -4.39. The van der Waals surface area contributed by atoms with E-state index in [1.54, 1.807) is 0 Å². The third-order valence-electron chi connectivity index (χ3n) is 4.08. The summed E-state index contributed by atoms with van der Waals surface area (Å²) < 4.78 is 37.9. The fourth-order valence-corrected chi connectivity index (χ4v) is 1.78. The van der Waals surface area contributed by atoms with Crippen LogP contribution in [0.2, 0.25) is 0 Å². The molecule has 1 aromatic carbocycles. The van der Waals surface area contributed by atoms with Crippen LogP contribution in [-0.2, 0) is 6.18 Å². The van der Waals surface area contributed by atoms with Crippen molar-refractivity contribution in [3.05, 3.63) is 35.4 Å². The van der Waals surface area contributed by atoms with Crippen LogP contribution in [0.15, 0.2) is 24.3 Å². The van der Waals surface area contributed by atoms with E-state index in [4.69, 9.17) is 0 Å². The van der Waals surface area contributed by atoms with E-state index in [2.05, 4.69) is 33.0 Å². The van der Waals surface area contributed by atoms with Gasteiger partial charge in [-0.2, -0.15) is 13.2 Å². The second kappa shape index (κ2) is 6.79. The monoisotopic (exact) mass is 303 g/mol. The van der Waals surface area contributed by atoms with Crippen LogP contribution in [0.1, 0.15) is 44.9 Å². The van der Waals surface area contributed by atoms with E-state index < -0.39 is 17.8 Å². The van der Waals surface area contributed by atoms with E-state index in [0.29, 0.717) is 12.5 Å². The van der Waals surface area contributed by atoms with Crippen molar-refractivity contribution in [1.29, 1.82) is 0 Å². The molecule has 0 aromatic heterocycles. The fraction of sp³-hybridized carbons (Fsp3) is 0.625. The average molecular weight is 303 g/mol. The Labute approximate surface area is 124 Å².